The molecule has 0 spiro atoms. The Hall–Kier alpha value is -1.13. The summed E-state index contributed by atoms with van der Waals surface area (Å²) in [7, 11) is 1.60. The minimum atomic E-state index is 0.301. The van der Waals surface area contributed by atoms with Gasteiger partial charge in [-0.05, 0) is 30.3 Å². The fourth-order valence-corrected chi connectivity index (χ4v) is 2.72. The number of methoxy groups -OCH3 is 1. The fraction of sp³-hybridized carbons (Fsp3) is 0.294. The first kappa shape index (κ1) is 18.2. The first-order valence-electron chi connectivity index (χ1n) is 7.19. The van der Waals surface area contributed by atoms with E-state index in [0.29, 0.717) is 39.7 Å². The summed E-state index contributed by atoms with van der Waals surface area (Å²) in [6.45, 7) is 3.88. The standard InChI is InChI=1S/C17H18Cl3NO2/c1-3-21-9-12-6-16(22-2)17(8-15(12)20)23-10-11-4-5-13(18)7-14(11)19/h4-8,21H,3,9-10H2,1-2H3. The van der Waals surface area contributed by atoms with E-state index in [1.165, 1.54) is 0 Å². The summed E-state index contributed by atoms with van der Waals surface area (Å²) < 4.78 is 11.2. The Morgan fingerprint density at radius 3 is 2.35 bits per heavy atom. The maximum Gasteiger partial charge on any atom is 0.163 e. The quantitative estimate of drug-likeness (QED) is 0.709. The average Bonchev–Trinajstić information content (AvgIpc) is 2.53. The molecule has 0 atom stereocenters. The molecule has 2 rings (SSSR count). The fourth-order valence-electron chi connectivity index (χ4n) is 2.04. The maximum atomic E-state index is 6.31. The summed E-state index contributed by atoms with van der Waals surface area (Å²) in [5, 5.41) is 5.02. The number of benzene rings is 2. The van der Waals surface area contributed by atoms with Crippen LogP contribution in [0.2, 0.25) is 15.1 Å². The first-order valence-corrected chi connectivity index (χ1v) is 8.32. The van der Waals surface area contributed by atoms with Crippen molar-refractivity contribution in [1.82, 2.24) is 5.32 Å². The highest BCUT2D eigenvalue weighted by atomic mass is 35.5. The molecule has 0 aromatic heterocycles. The molecule has 1 N–H and O–H groups in total. The van der Waals surface area contributed by atoms with Crippen molar-refractivity contribution in [3.05, 3.63) is 56.5 Å². The van der Waals surface area contributed by atoms with E-state index in [2.05, 4.69) is 5.32 Å². The Morgan fingerprint density at radius 1 is 0.957 bits per heavy atom. The smallest absolute Gasteiger partial charge is 0.163 e. The van der Waals surface area contributed by atoms with Gasteiger partial charge >= 0.3 is 0 Å². The SMILES string of the molecule is CCNCc1cc(OC)c(OCc2ccc(Cl)cc2Cl)cc1Cl. The second-order valence-electron chi connectivity index (χ2n) is 4.90. The molecule has 6 heteroatoms. The van der Waals surface area contributed by atoms with Crippen LogP contribution < -0.4 is 14.8 Å². The highest BCUT2D eigenvalue weighted by Crippen LogP contribution is 2.34. The van der Waals surface area contributed by atoms with E-state index in [4.69, 9.17) is 44.3 Å². The molecule has 0 aliphatic rings. The van der Waals surface area contributed by atoms with E-state index in [1.54, 1.807) is 25.3 Å². The van der Waals surface area contributed by atoms with Crippen molar-refractivity contribution in [3.8, 4) is 11.5 Å². The highest BCUT2D eigenvalue weighted by molar-refractivity contribution is 6.35. The lowest BCUT2D eigenvalue weighted by Crippen LogP contribution is -2.12. The lowest BCUT2D eigenvalue weighted by atomic mass is 10.2. The molecule has 3 nitrogen and oxygen atoms in total. The van der Waals surface area contributed by atoms with Crippen LogP contribution in [-0.4, -0.2) is 13.7 Å². The maximum absolute atomic E-state index is 6.31. The van der Waals surface area contributed by atoms with Crippen LogP contribution in [0.15, 0.2) is 30.3 Å². The highest BCUT2D eigenvalue weighted by Gasteiger charge is 2.11. The zero-order valence-corrected chi connectivity index (χ0v) is 15.2. The monoisotopic (exact) mass is 373 g/mol. The minimum Gasteiger partial charge on any atom is -0.493 e. The van der Waals surface area contributed by atoms with Crippen LogP contribution in [0.1, 0.15) is 18.1 Å². The van der Waals surface area contributed by atoms with Gasteiger partial charge in [0.2, 0.25) is 0 Å². The van der Waals surface area contributed by atoms with Crippen molar-refractivity contribution in [2.45, 2.75) is 20.1 Å². The van der Waals surface area contributed by atoms with Crippen LogP contribution in [0.5, 0.6) is 11.5 Å². The predicted octanol–water partition coefficient (Wildman–Crippen LogP) is 5.34. The van der Waals surface area contributed by atoms with Gasteiger partial charge in [-0.1, -0.05) is 47.8 Å². The second-order valence-corrected chi connectivity index (χ2v) is 6.15. The van der Waals surface area contributed by atoms with Crippen LogP contribution in [0.25, 0.3) is 0 Å². The van der Waals surface area contributed by atoms with Crippen molar-refractivity contribution in [2.24, 2.45) is 0 Å². The van der Waals surface area contributed by atoms with E-state index in [0.717, 1.165) is 17.7 Å². The molecule has 0 fully saturated rings. The summed E-state index contributed by atoms with van der Waals surface area (Å²) in [6.07, 6.45) is 0. The molecule has 0 saturated carbocycles. The van der Waals surface area contributed by atoms with Crippen LogP contribution in [-0.2, 0) is 13.2 Å². The molecular formula is C17H18Cl3NO2. The summed E-state index contributed by atoms with van der Waals surface area (Å²) in [4.78, 5) is 0. The third kappa shape index (κ3) is 4.92. The number of halogens is 3. The molecule has 0 amide bonds. The Labute approximate surface area is 151 Å². The van der Waals surface area contributed by atoms with Gasteiger partial charge in [0, 0.05) is 33.2 Å². The summed E-state index contributed by atoms with van der Waals surface area (Å²) in [6, 6.07) is 8.93. The first-order chi connectivity index (χ1) is 11.0. The van der Waals surface area contributed by atoms with Crippen LogP contribution in [0.3, 0.4) is 0 Å². The summed E-state index contributed by atoms with van der Waals surface area (Å²) in [5.41, 5.74) is 1.80. The van der Waals surface area contributed by atoms with Crippen LogP contribution in [0.4, 0.5) is 0 Å². The van der Waals surface area contributed by atoms with Gasteiger partial charge in [-0.25, -0.2) is 0 Å². The lowest BCUT2D eigenvalue weighted by Gasteiger charge is -2.14. The van der Waals surface area contributed by atoms with Gasteiger partial charge in [-0.3, -0.25) is 0 Å². The molecule has 124 valence electrons. The van der Waals surface area contributed by atoms with Gasteiger partial charge < -0.3 is 14.8 Å². The average molecular weight is 375 g/mol. The summed E-state index contributed by atoms with van der Waals surface area (Å²) in [5.74, 6) is 1.20. The topological polar surface area (TPSA) is 30.5 Å². The number of nitrogens with one attached hydrogen (secondary N) is 1. The molecule has 0 saturated heterocycles. The molecule has 0 aliphatic heterocycles. The predicted molar refractivity (Wildman–Crippen MR) is 96.2 cm³/mol. The Bertz CT molecular complexity index is 677. The number of ether oxygens (including phenoxy) is 2. The van der Waals surface area contributed by atoms with E-state index < -0.39 is 0 Å². The van der Waals surface area contributed by atoms with E-state index >= 15 is 0 Å². The Morgan fingerprint density at radius 2 is 1.70 bits per heavy atom. The number of hydrogen-bond donors (Lipinski definition) is 1. The van der Waals surface area contributed by atoms with Gasteiger partial charge in [0.1, 0.15) is 6.61 Å². The minimum absolute atomic E-state index is 0.301. The third-order valence-corrected chi connectivity index (χ3v) is 4.24. The third-order valence-electron chi connectivity index (χ3n) is 3.30. The van der Waals surface area contributed by atoms with Gasteiger partial charge in [0.15, 0.2) is 11.5 Å². The van der Waals surface area contributed by atoms with Crippen molar-refractivity contribution in [2.75, 3.05) is 13.7 Å². The molecule has 23 heavy (non-hydrogen) atoms. The van der Waals surface area contributed by atoms with Crippen LogP contribution >= 0.6 is 34.8 Å². The molecule has 0 unspecified atom stereocenters. The number of rotatable bonds is 7. The second kappa shape index (κ2) is 8.65. The van der Waals surface area contributed by atoms with Gasteiger partial charge in [-0.15, -0.1) is 0 Å². The number of hydrogen-bond acceptors (Lipinski definition) is 3. The Balaban J connectivity index is 2.17. The molecule has 0 heterocycles. The molecule has 0 bridgehead atoms. The van der Waals surface area contributed by atoms with Gasteiger partial charge in [-0.2, -0.15) is 0 Å². The largest absolute Gasteiger partial charge is 0.493 e. The Kier molecular flexibility index (Phi) is 6.85. The molecule has 0 aliphatic carbocycles. The van der Waals surface area contributed by atoms with Gasteiger partial charge in [0.05, 0.1) is 7.11 Å². The summed E-state index contributed by atoms with van der Waals surface area (Å²) >= 11 is 18.4. The lowest BCUT2D eigenvalue weighted by molar-refractivity contribution is 0.284. The van der Waals surface area contributed by atoms with Crippen molar-refractivity contribution < 1.29 is 9.47 Å². The van der Waals surface area contributed by atoms with Gasteiger partial charge in [0.25, 0.3) is 0 Å². The van der Waals surface area contributed by atoms with Crippen molar-refractivity contribution >= 4 is 34.8 Å². The van der Waals surface area contributed by atoms with E-state index in [1.807, 2.05) is 19.1 Å². The van der Waals surface area contributed by atoms with Crippen molar-refractivity contribution in [3.63, 3.8) is 0 Å². The molecule has 0 radical (unpaired) electrons. The zero-order valence-electron chi connectivity index (χ0n) is 13.0. The van der Waals surface area contributed by atoms with E-state index in [-0.39, 0.29) is 0 Å². The molecule has 2 aromatic rings. The molecular weight excluding hydrogens is 357 g/mol. The van der Waals surface area contributed by atoms with Crippen LogP contribution in [0, 0.1) is 0 Å². The van der Waals surface area contributed by atoms with Crippen molar-refractivity contribution in [1.29, 1.82) is 0 Å². The zero-order chi connectivity index (χ0) is 16.8. The van der Waals surface area contributed by atoms with E-state index in [9.17, 15) is 0 Å². The normalized spacial score (nSPS) is 10.7. The molecule has 2 aromatic carbocycles.